The third-order valence-corrected chi connectivity index (χ3v) is 6.86. The average Bonchev–Trinajstić information content (AvgIpc) is 2.83. The van der Waals surface area contributed by atoms with Gasteiger partial charge in [-0.25, -0.2) is 4.79 Å². The maximum Gasteiger partial charge on any atom is 0.338 e. The van der Waals surface area contributed by atoms with Crippen LogP contribution in [0.4, 0.5) is 11.4 Å². The van der Waals surface area contributed by atoms with Crippen molar-refractivity contribution in [1.82, 2.24) is 4.90 Å². The molecule has 0 bridgehead atoms. The van der Waals surface area contributed by atoms with Gasteiger partial charge in [-0.1, -0.05) is 18.2 Å². The van der Waals surface area contributed by atoms with Crippen molar-refractivity contribution in [3.63, 3.8) is 0 Å². The Balaban J connectivity index is 1.40. The smallest absolute Gasteiger partial charge is 0.338 e. The molecule has 4 rings (SSSR count). The van der Waals surface area contributed by atoms with E-state index in [9.17, 15) is 19.2 Å². The molecule has 9 heteroatoms. The van der Waals surface area contributed by atoms with Crippen molar-refractivity contribution in [2.24, 2.45) is 5.92 Å². The van der Waals surface area contributed by atoms with E-state index in [-0.39, 0.29) is 30.9 Å². The zero-order chi connectivity index (χ0) is 23.4. The van der Waals surface area contributed by atoms with E-state index in [4.69, 9.17) is 4.74 Å². The Kier molecular flexibility index (Phi) is 6.98. The molecule has 0 aliphatic carbocycles. The summed E-state index contributed by atoms with van der Waals surface area (Å²) >= 11 is 1.24. The lowest BCUT2D eigenvalue weighted by molar-refractivity contribution is -0.136. The zero-order valence-corrected chi connectivity index (χ0v) is 19.0. The molecule has 172 valence electrons. The molecule has 0 unspecified atom stereocenters. The first kappa shape index (κ1) is 22.8. The minimum Gasteiger partial charge on any atom is -0.462 e. The number of anilines is 2. The Hall–Kier alpha value is -3.33. The predicted molar refractivity (Wildman–Crippen MR) is 125 cm³/mol. The molecule has 0 aromatic heterocycles. The fourth-order valence-corrected chi connectivity index (χ4v) is 5.03. The number of para-hydroxylation sites is 1. The predicted octanol–water partition coefficient (Wildman–Crippen LogP) is 3.15. The van der Waals surface area contributed by atoms with Gasteiger partial charge in [-0.05, 0) is 50.1 Å². The summed E-state index contributed by atoms with van der Waals surface area (Å²) in [7, 11) is 0. The Morgan fingerprint density at radius 2 is 2.00 bits per heavy atom. The van der Waals surface area contributed by atoms with Crippen LogP contribution in [0.3, 0.4) is 0 Å². The number of benzene rings is 2. The number of piperidine rings is 1. The second-order valence-electron chi connectivity index (χ2n) is 7.90. The maximum atomic E-state index is 13.1. The third kappa shape index (κ3) is 5.19. The SMILES string of the molecule is CCOC(=O)c1cccc(NC(=O)[C@@H]2CCCN(C(=O)[C@@H]3Sc4ccccc4NC3=O)C2)c1. The zero-order valence-electron chi connectivity index (χ0n) is 18.2. The molecule has 0 saturated carbocycles. The number of likely N-dealkylation sites (tertiary alicyclic amines) is 1. The minimum absolute atomic E-state index is 0.223. The molecule has 8 nitrogen and oxygen atoms in total. The van der Waals surface area contributed by atoms with Gasteiger partial charge < -0.3 is 20.3 Å². The van der Waals surface area contributed by atoms with Gasteiger partial charge in [-0.2, -0.15) is 0 Å². The number of carbonyl (C=O) groups excluding carboxylic acids is 4. The van der Waals surface area contributed by atoms with E-state index < -0.39 is 17.1 Å². The molecule has 2 heterocycles. The first-order valence-corrected chi connectivity index (χ1v) is 11.8. The molecular weight excluding hydrogens is 442 g/mol. The second-order valence-corrected chi connectivity index (χ2v) is 9.04. The Labute approximate surface area is 196 Å². The number of hydrogen-bond acceptors (Lipinski definition) is 6. The maximum absolute atomic E-state index is 13.1. The molecule has 2 N–H and O–H groups in total. The van der Waals surface area contributed by atoms with Crippen molar-refractivity contribution in [2.45, 2.75) is 29.9 Å². The lowest BCUT2D eigenvalue weighted by Gasteiger charge is -2.35. The summed E-state index contributed by atoms with van der Waals surface area (Å²) in [6.45, 7) is 2.75. The van der Waals surface area contributed by atoms with Crippen molar-refractivity contribution >= 4 is 46.8 Å². The van der Waals surface area contributed by atoms with Gasteiger partial charge in [0.2, 0.25) is 17.7 Å². The van der Waals surface area contributed by atoms with Crippen LogP contribution in [-0.4, -0.2) is 53.5 Å². The number of esters is 1. The number of nitrogens with one attached hydrogen (secondary N) is 2. The number of amides is 3. The number of carbonyl (C=O) groups is 4. The summed E-state index contributed by atoms with van der Waals surface area (Å²) in [4.78, 5) is 53.0. The lowest BCUT2D eigenvalue weighted by atomic mass is 9.96. The Morgan fingerprint density at radius 3 is 2.82 bits per heavy atom. The van der Waals surface area contributed by atoms with Gasteiger partial charge in [0.1, 0.15) is 0 Å². The monoisotopic (exact) mass is 467 g/mol. The fourth-order valence-electron chi connectivity index (χ4n) is 3.95. The minimum atomic E-state index is -0.872. The van der Waals surface area contributed by atoms with E-state index in [0.717, 1.165) is 4.90 Å². The highest BCUT2D eigenvalue weighted by Gasteiger charge is 2.38. The highest BCUT2D eigenvalue weighted by atomic mass is 32.2. The highest BCUT2D eigenvalue weighted by molar-refractivity contribution is 8.01. The molecule has 2 aromatic carbocycles. The molecular formula is C24H25N3O5S. The first-order chi connectivity index (χ1) is 16.0. The summed E-state index contributed by atoms with van der Waals surface area (Å²) in [6, 6.07) is 13.9. The van der Waals surface area contributed by atoms with Crippen molar-refractivity contribution < 1.29 is 23.9 Å². The van der Waals surface area contributed by atoms with Gasteiger partial charge in [-0.15, -0.1) is 11.8 Å². The van der Waals surface area contributed by atoms with Gasteiger partial charge in [0, 0.05) is 23.7 Å². The van der Waals surface area contributed by atoms with E-state index in [0.29, 0.717) is 36.3 Å². The molecule has 2 aromatic rings. The number of nitrogens with zero attached hydrogens (tertiary/aromatic N) is 1. The van der Waals surface area contributed by atoms with Crippen molar-refractivity contribution in [3.8, 4) is 0 Å². The second kappa shape index (κ2) is 10.1. The van der Waals surface area contributed by atoms with E-state index >= 15 is 0 Å². The van der Waals surface area contributed by atoms with E-state index in [1.807, 2.05) is 18.2 Å². The molecule has 2 aliphatic heterocycles. The van der Waals surface area contributed by atoms with E-state index in [2.05, 4.69) is 10.6 Å². The molecule has 1 saturated heterocycles. The first-order valence-electron chi connectivity index (χ1n) is 10.9. The highest BCUT2D eigenvalue weighted by Crippen LogP contribution is 2.36. The number of thioether (sulfide) groups is 1. The van der Waals surface area contributed by atoms with Crippen LogP contribution < -0.4 is 10.6 Å². The number of fused-ring (bicyclic) bond motifs is 1. The summed E-state index contributed by atoms with van der Waals surface area (Å²) in [6.07, 6.45) is 1.31. The normalized spacial score (nSPS) is 19.8. The van der Waals surface area contributed by atoms with E-state index in [1.165, 1.54) is 11.8 Å². The van der Waals surface area contributed by atoms with Crippen LogP contribution >= 0.6 is 11.8 Å². The van der Waals surface area contributed by atoms with Gasteiger partial charge >= 0.3 is 5.97 Å². The van der Waals surface area contributed by atoms with Gasteiger partial charge in [0.05, 0.1) is 23.8 Å². The molecule has 3 amide bonds. The standard InChI is InChI=1S/C24H25N3O5S/c1-2-32-24(31)15-7-5-9-17(13-15)25-21(28)16-8-6-12-27(14-16)23(30)20-22(29)26-18-10-3-4-11-19(18)33-20/h3-5,7,9-11,13,16,20H,2,6,8,12,14H2,1H3,(H,25,28)(H,26,29)/t16-,20-/m1/s1. The van der Waals surface area contributed by atoms with Crippen LogP contribution in [0, 0.1) is 5.92 Å². The topological polar surface area (TPSA) is 105 Å². The van der Waals surface area contributed by atoms with Gasteiger partial charge in [-0.3, -0.25) is 14.4 Å². The number of rotatable bonds is 5. The molecule has 2 aliphatic rings. The van der Waals surface area contributed by atoms with E-state index in [1.54, 1.807) is 42.2 Å². The number of ether oxygens (including phenoxy) is 1. The van der Waals surface area contributed by atoms with Crippen molar-refractivity contribution in [2.75, 3.05) is 30.3 Å². The number of hydrogen-bond donors (Lipinski definition) is 2. The van der Waals surface area contributed by atoms with Gasteiger partial charge in [0.25, 0.3) is 0 Å². The fraction of sp³-hybridized carbons (Fsp3) is 0.333. The summed E-state index contributed by atoms with van der Waals surface area (Å²) < 4.78 is 5.00. The van der Waals surface area contributed by atoms with Crippen LogP contribution in [0.1, 0.15) is 30.1 Å². The van der Waals surface area contributed by atoms with Crippen LogP contribution in [0.2, 0.25) is 0 Å². The molecule has 2 atom stereocenters. The van der Waals surface area contributed by atoms with Gasteiger partial charge in [0.15, 0.2) is 5.25 Å². The summed E-state index contributed by atoms with van der Waals surface area (Å²) in [5.74, 6) is -1.70. The van der Waals surface area contributed by atoms with Crippen LogP contribution in [0.25, 0.3) is 0 Å². The Morgan fingerprint density at radius 1 is 1.18 bits per heavy atom. The van der Waals surface area contributed by atoms with Crippen molar-refractivity contribution in [3.05, 3.63) is 54.1 Å². The molecule has 0 spiro atoms. The third-order valence-electron chi connectivity index (χ3n) is 5.60. The van der Waals surface area contributed by atoms with Crippen molar-refractivity contribution in [1.29, 1.82) is 0 Å². The average molecular weight is 468 g/mol. The lowest BCUT2D eigenvalue weighted by Crippen LogP contribution is -2.50. The summed E-state index contributed by atoms with van der Waals surface area (Å²) in [5.41, 5.74) is 1.56. The van der Waals surface area contributed by atoms with Crippen LogP contribution in [0.15, 0.2) is 53.4 Å². The van der Waals surface area contributed by atoms with Crippen LogP contribution in [0.5, 0.6) is 0 Å². The quantitative estimate of drug-likeness (QED) is 0.517. The van der Waals surface area contributed by atoms with Crippen LogP contribution in [-0.2, 0) is 19.1 Å². The Bertz CT molecular complexity index is 1090. The largest absolute Gasteiger partial charge is 0.462 e. The molecule has 33 heavy (non-hydrogen) atoms. The summed E-state index contributed by atoms with van der Waals surface area (Å²) in [5, 5.41) is 4.76. The molecule has 1 fully saturated rings. The molecule has 0 radical (unpaired) electrons.